The van der Waals surface area contributed by atoms with E-state index in [0.29, 0.717) is 11.7 Å². The van der Waals surface area contributed by atoms with Crippen LogP contribution in [-0.2, 0) is 4.79 Å². The predicted octanol–water partition coefficient (Wildman–Crippen LogP) is 1.28. The lowest BCUT2D eigenvalue weighted by atomic mass is 10.1. The smallest absolute Gasteiger partial charge is 0.341 e. The number of aliphatic carboxylic acids is 1. The molecular formula is C10H14N2O3S. The third-order valence-electron chi connectivity index (χ3n) is 2.79. The van der Waals surface area contributed by atoms with Gasteiger partial charge in [0.15, 0.2) is 0 Å². The Balaban J connectivity index is 1.76. The predicted molar refractivity (Wildman–Crippen MR) is 62.1 cm³/mol. The van der Waals surface area contributed by atoms with Gasteiger partial charge in [-0.3, -0.25) is 4.79 Å². The Morgan fingerprint density at radius 3 is 3.12 bits per heavy atom. The summed E-state index contributed by atoms with van der Waals surface area (Å²) < 4.78 is 0. The van der Waals surface area contributed by atoms with E-state index < -0.39 is 5.97 Å². The molecule has 2 rings (SSSR count). The number of hydrogen-bond donors (Lipinski definition) is 2. The van der Waals surface area contributed by atoms with Crippen molar-refractivity contribution in [2.75, 3.05) is 5.75 Å². The zero-order valence-electron chi connectivity index (χ0n) is 8.81. The van der Waals surface area contributed by atoms with E-state index in [9.17, 15) is 9.59 Å². The number of amides is 2. The van der Waals surface area contributed by atoms with E-state index in [1.807, 2.05) is 0 Å². The molecule has 2 aliphatic heterocycles. The van der Waals surface area contributed by atoms with Crippen LogP contribution in [0.4, 0.5) is 4.79 Å². The number of aliphatic imine (C=N–C) groups is 1. The maximum atomic E-state index is 11.0. The Hall–Kier alpha value is -1.04. The molecule has 1 fully saturated rings. The number of rotatable bonds is 5. The van der Waals surface area contributed by atoms with Gasteiger partial charge in [-0.25, -0.2) is 4.79 Å². The van der Waals surface area contributed by atoms with Gasteiger partial charge >= 0.3 is 12.0 Å². The maximum Gasteiger partial charge on any atom is 0.341 e. The molecule has 5 nitrogen and oxygen atoms in total. The number of fused-ring (bicyclic) bond motifs is 1. The molecule has 1 unspecified atom stereocenters. The van der Waals surface area contributed by atoms with Crippen molar-refractivity contribution in [2.45, 2.75) is 37.0 Å². The van der Waals surface area contributed by atoms with Crippen molar-refractivity contribution in [3.8, 4) is 0 Å². The third kappa shape index (κ3) is 2.55. The van der Waals surface area contributed by atoms with Gasteiger partial charge in [0.2, 0.25) is 0 Å². The Bertz CT molecular complexity index is 343. The maximum absolute atomic E-state index is 11.0. The zero-order valence-corrected chi connectivity index (χ0v) is 9.63. The molecule has 2 N–H and O–H groups in total. The first-order chi connectivity index (χ1) is 7.66. The van der Waals surface area contributed by atoms with Crippen molar-refractivity contribution in [1.29, 1.82) is 0 Å². The Morgan fingerprint density at radius 1 is 1.56 bits per heavy atom. The fourth-order valence-corrected chi connectivity index (χ4v) is 3.41. The minimum atomic E-state index is -0.744. The van der Waals surface area contributed by atoms with Crippen LogP contribution in [0.5, 0.6) is 0 Å². The van der Waals surface area contributed by atoms with E-state index in [4.69, 9.17) is 5.11 Å². The Kier molecular flexibility index (Phi) is 3.48. The highest BCUT2D eigenvalue weighted by atomic mass is 32.2. The van der Waals surface area contributed by atoms with Gasteiger partial charge in [-0.2, -0.15) is 4.99 Å². The molecule has 2 atom stereocenters. The number of carboxylic acids is 1. The van der Waals surface area contributed by atoms with Gasteiger partial charge in [0.25, 0.3) is 0 Å². The second-order valence-electron chi connectivity index (χ2n) is 4.00. The van der Waals surface area contributed by atoms with Crippen LogP contribution >= 0.6 is 11.8 Å². The number of nitrogens with one attached hydrogen (secondary N) is 1. The molecular weight excluding hydrogens is 228 g/mol. The number of unbranched alkanes of at least 4 members (excludes halogenated alkanes) is 1. The molecule has 0 aliphatic carbocycles. The molecule has 0 radical (unpaired) electrons. The lowest BCUT2D eigenvalue weighted by Gasteiger charge is -2.08. The second kappa shape index (κ2) is 4.86. The van der Waals surface area contributed by atoms with Gasteiger partial charge in [-0.1, -0.05) is 6.42 Å². The number of nitrogens with zero attached hydrogens (tertiary/aromatic N) is 1. The molecule has 1 saturated heterocycles. The molecule has 2 amide bonds. The van der Waals surface area contributed by atoms with E-state index in [1.54, 1.807) is 11.8 Å². The number of thioether (sulfide) groups is 1. The van der Waals surface area contributed by atoms with Crippen LogP contribution in [0.3, 0.4) is 0 Å². The van der Waals surface area contributed by atoms with Gasteiger partial charge in [0, 0.05) is 17.4 Å². The average molecular weight is 242 g/mol. The van der Waals surface area contributed by atoms with Crippen molar-refractivity contribution in [3.05, 3.63) is 0 Å². The molecule has 88 valence electrons. The lowest BCUT2D eigenvalue weighted by Crippen LogP contribution is -2.32. The highest BCUT2D eigenvalue weighted by molar-refractivity contribution is 8.01. The SMILES string of the molecule is O=C(O)CCCC[C@@H]1SCC2NC(=O)N=C21. The molecule has 0 aromatic heterocycles. The van der Waals surface area contributed by atoms with Crippen molar-refractivity contribution >= 4 is 29.5 Å². The van der Waals surface area contributed by atoms with Crippen LogP contribution in [0.1, 0.15) is 25.7 Å². The van der Waals surface area contributed by atoms with Gasteiger partial charge < -0.3 is 10.4 Å². The molecule has 2 heterocycles. The third-order valence-corrected chi connectivity index (χ3v) is 4.19. The molecule has 0 bridgehead atoms. The fraction of sp³-hybridized carbons (Fsp3) is 0.700. The van der Waals surface area contributed by atoms with Crippen LogP contribution in [-0.4, -0.2) is 39.9 Å². The largest absolute Gasteiger partial charge is 0.481 e. The molecule has 2 aliphatic rings. The quantitative estimate of drug-likeness (QED) is 0.712. The van der Waals surface area contributed by atoms with E-state index >= 15 is 0 Å². The number of urea groups is 1. The number of carboxylic acid groups (broad SMARTS) is 1. The van der Waals surface area contributed by atoms with Crippen LogP contribution in [0.25, 0.3) is 0 Å². The van der Waals surface area contributed by atoms with E-state index in [0.717, 1.165) is 24.3 Å². The lowest BCUT2D eigenvalue weighted by molar-refractivity contribution is -0.137. The first-order valence-corrected chi connectivity index (χ1v) is 6.44. The summed E-state index contributed by atoms with van der Waals surface area (Å²) in [5.41, 5.74) is 0.963. The number of hydrogen-bond acceptors (Lipinski definition) is 3. The van der Waals surface area contributed by atoms with E-state index in [-0.39, 0.29) is 18.5 Å². The molecule has 6 heteroatoms. The van der Waals surface area contributed by atoms with Crippen LogP contribution in [0.2, 0.25) is 0 Å². The summed E-state index contributed by atoms with van der Waals surface area (Å²) in [6.45, 7) is 0. The highest BCUT2D eigenvalue weighted by Crippen LogP contribution is 2.31. The summed E-state index contributed by atoms with van der Waals surface area (Å²) in [4.78, 5) is 25.3. The van der Waals surface area contributed by atoms with Crippen molar-refractivity contribution < 1.29 is 14.7 Å². The number of carbonyl (C=O) groups is 2. The van der Waals surface area contributed by atoms with Crippen LogP contribution in [0, 0.1) is 0 Å². The first-order valence-electron chi connectivity index (χ1n) is 5.39. The highest BCUT2D eigenvalue weighted by Gasteiger charge is 2.37. The summed E-state index contributed by atoms with van der Waals surface area (Å²) in [5.74, 6) is 0.153. The molecule has 0 aromatic rings. The molecule has 0 spiro atoms. The van der Waals surface area contributed by atoms with Crippen LogP contribution in [0.15, 0.2) is 4.99 Å². The van der Waals surface area contributed by atoms with E-state index in [2.05, 4.69) is 10.3 Å². The Morgan fingerprint density at radius 2 is 2.38 bits per heavy atom. The standard InChI is InChI=1S/C10H14N2O3S/c13-8(14)4-2-1-3-7-9-6(5-16-7)11-10(15)12-9/h6-7H,1-5H2,(H,11,15)(H,13,14)/t6?,7-/m0/s1. The summed E-state index contributed by atoms with van der Waals surface area (Å²) in [6, 6.07) is -0.0993. The monoisotopic (exact) mass is 242 g/mol. The molecule has 16 heavy (non-hydrogen) atoms. The summed E-state index contributed by atoms with van der Waals surface area (Å²) in [7, 11) is 0. The normalized spacial score (nSPS) is 27.5. The van der Waals surface area contributed by atoms with E-state index in [1.165, 1.54) is 0 Å². The van der Waals surface area contributed by atoms with Gasteiger partial charge in [-0.15, -0.1) is 11.8 Å². The topological polar surface area (TPSA) is 78.8 Å². The minimum Gasteiger partial charge on any atom is -0.481 e. The van der Waals surface area contributed by atoms with Crippen molar-refractivity contribution in [3.63, 3.8) is 0 Å². The fourth-order valence-electron chi connectivity index (χ4n) is 2.01. The summed E-state index contributed by atoms with van der Waals surface area (Å²) >= 11 is 1.80. The molecule has 0 saturated carbocycles. The number of carbonyl (C=O) groups excluding carboxylic acids is 1. The van der Waals surface area contributed by atoms with Crippen molar-refractivity contribution in [2.24, 2.45) is 4.99 Å². The first kappa shape index (κ1) is 11.4. The van der Waals surface area contributed by atoms with Crippen molar-refractivity contribution in [1.82, 2.24) is 5.32 Å². The van der Waals surface area contributed by atoms with Gasteiger partial charge in [0.1, 0.15) is 0 Å². The average Bonchev–Trinajstić information content (AvgIpc) is 2.72. The van der Waals surface area contributed by atoms with Crippen LogP contribution < -0.4 is 5.32 Å². The van der Waals surface area contributed by atoms with Gasteiger partial charge in [0.05, 0.1) is 11.8 Å². The zero-order chi connectivity index (χ0) is 11.5. The molecule has 0 aromatic carbocycles. The summed E-state index contributed by atoms with van der Waals surface area (Å²) in [5, 5.41) is 11.6. The minimum absolute atomic E-state index is 0.127. The Labute approximate surface area is 97.7 Å². The van der Waals surface area contributed by atoms with Gasteiger partial charge in [-0.05, 0) is 12.8 Å². The summed E-state index contributed by atoms with van der Waals surface area (Å²) in [6.07, 6.45) is 2.72. The second-order valence-corrected chi connectivity index (χ2v) is 5.24.